The van der Waals surface area contributed by atoms with Gasteiger partial charge in [-0.05, 0) is 54.8 Å². The molecule has 7 nitrogen and oxygen atoms in total. The fourth-order valence-electron chi connectivity index (χ4n) is 3.80. The molecule has 0 saturated heterocycles. The molecule has 2 amide bonds. The Bertz CT molecular complexity index is 1340. The number of ether oxygens (including phenoxy) is 1. The summed E-state index contributed by atoms with van der Waals surface area (Å²) in [4.78, 5) is 26.8. The zero-order valence-electron chi connectivity index (χ0n) is 19.7. The first-order valence-corrected chi connectivity index (χ1v) is 12.9. The number of hydrogen-bond acceptors (Lipinski definition) is 7. The molecule has 1 atom stereocenters. The Balaban J connectivity index is 1.55. The van der Waals surface area contributed by atoms with Crippen molar-refractivity contribution in [2.45, 2.75) is 12.8 Å². The maximum absolute atomic E-state index is 13.4. The number of nitriles is 1. The summed E-state index contributed by atoms with van der Waals surface area (Å²) in [5.41, 5.74) is 2.85. The minimum absolute atomic E-state index is 0.0928. The molecule has 0 aliphatic carbocycles. The SMILES string of the molecule is COc1ccc(NC(=O)CSC2=C(C#N)[C@@H](c3cccs3)C(C(=O)Nc3ccccc3)=C(C)N2)cc1. The lowest BCUT2D eigenvalue weighted by Crippen LogP contribution is -2.30. The number of dihydropyridines is 1. The van der Waals surface area contributed by atoms with E-state index in [4.69, 9.17) is 4.74 Å². The van der Waals surface area contributed by atoms with Crippen molar-refractivity contribution in [2.24, 2.45) is 0 Å². The molecular weight excluding hydrogens is 492 g/mol. The van der Waals surface area contributed by atoms with Crippen molar-refractivity contribution in [1.29, 1.82) is 5.26 Å². The van der Waals surface area contributed by atoms with Crippen LogP contribution < -0.4 is 20.7 Å². The van der Waals surface area contributed by atoms with Crippen LogP contribution in [-0.4, -0.2) is 24.7 Å². The maximum atomic E-state index is 13.4. The summed E-state index contributed by atoms with van der Waals surface area (Å²) in [7, 11) is 1.58. The normalized spacial score (nSPS) is 15.1. The molecule has 0 fully saturated rings. The first kappa shape index (κ1) is 25.1. The number of anilines is 2. The van der Waals surface area contributed by atoms with Crippen LogP contribution in [0.1, 0.15) is 17.7 Å². The number of nitrogens with one attached hydrogen (secondary N) is 3. The van der Waals surface area contributed by atoms with Gasteiger partial charge in [-0.25, -0.2) is 0 Å². The van der Waals surface area contributed by atoms with Gasteiger partial charge in [-0.3, -0.25) is 9.59 Å². The van der Waals surface area contributed by atoms with Gasteiger partial charge in [0.1, 0.15) is 5.75 Å². The molecular formula is C27H24N4O3S2. The largest absolute Gasteiger partial charge is 0.497 e. The lowest BCUT2D eigenvalue weighted by molar-refractivity contribution is -0.114. The van der Waals surface area contributed by atoms with E-state index in [1.165, 1.54) is 23.1 Å². The van der Waals surface area contributed by atoms with Crippen LogP contribution in [0.4, 0.5) is 11.4 Å². The van der Waals surface area contributed by atoms with Crippen molar-refractivity contribution in [2.75, 3.05) is 23.5 Å². The first-order chi connectivity index (χ1) is 17.5. The van der Waals surface area contributed by atoms with Crippen LogP contribution in [0.5, 0.6) is 5.75 Å². The highest BCUT2D eigenvalue weighted by Crippen LogP contribution is 2.42. The fraction of sp³-hybridized carbons (Fsp3) is 0.148. The number of thioether (sulfide) groups is 1. The first-order valence-electron chi connectivity index (χ1n) is 11.1. The van der Waals surface area contributed by atoms with E-state index in [0.29, 0.717) is 39.0 Å². The summed E-state index contributed by atoms with van der Waals surface area (Å²) in [5.74, 6) is -0.230. The van der Waals surface area contributed by atoms with Gasteiger partial charge in [0, 0.05) is 27.5 Å². The van der Waals surface area contributed by atoms with Crippen molar-refractivity contribution in [3.8, 4) is 11.8 Å². The molecule has 0 saturated carbocycles. The molecule has 9 heteroatoms. The second-order valence-corrected chi connectivity index (χ2v) is 9.82. The predicted octanol–water partition coefficient (Wildman–Crippen LogP) is 5.46. The van der Waals surface area contributed by atoms with Crippen LogP contribution in [0.3, 0.4) is 0 Å². The number of carbonyl (C=O) groups is 2. The number of benzene rings is 2. The maximum Gasteiger partial charge on any atom is 0.254 e. The summed E-state index contributed by atoms with van der Waals surface area (Å²) in [6.45, 7) is 1.81. The molecule has 3 aromatic rings. The summed E-state index contributed by atoms with van der Waals surface area (Å²) < 4.78 is 5.14. The molecule has 2 aromatic carbocycles. The Kier molecular flexibility index (Phi) is 8.10. The number of thiophene rings is 1. The average molecular weight is 517 g/mol. The van der Waals surface area contributed by atoms with E-state index in [9.17, 15) is 14.9 Å². The van der Waals surface area contributed by atoms with Crippen molar-refractivity contribution in [3.63, 3.8) is 0 Å². The number of hydrogen-bond donors (Lipinski definition) is 3. The topological polar surface area (TPSA) is 103 Å². The number of allylic oxidation sites excluding steroid dienone is 2. The van der Waals surface area contributed by atoms with Gasteiger partial charge in [-0.2, -0.15) is 5.26 Å². The summed E-state index contributed by atoms with van der Waals surface area (Å²) in [6.07, 6.45) is 0. The second kappa shape index (κ2) is 11.6. The van der Waals surface area contributed by atoms with Crippen molar-refractivity contribution in [3.05, 3.63) is 98.9 Å². The highest BCUT2D eigenvalue weighted by atomic mass is 32.2. The molecule has 4 rings (SSSR count). The second-order valence-electron chi connectivity index (χ2n) is 7.85. The Hall–Kier alpha value is -4.00. The third-order valence-electron chi connectivity index (χ3n) is 5.47. The minimum Gasteiger partial charge on any atom is -0.497 e. The summed E-state index contributed by atoms with van der Waals surface area (Å²) in [5, 5.41) is 21.6. The third-order valence-corrected chi connectivity index (χ3v) is 7.43. The van der Waals surface area contributed by atoms with Crippen LogP contribution in [0, 0.1) is 11.3 Å². The molecule has 3 N–H and O–H groups in total. The minimum atomic E-state index is -0.535. The quantitative estimate of drug-likeness (QED) is 0.367. The Morgan fingerprint density at radius 2 is 1.78 bits per heavy atom. The highest BCUT2D eigenvalue weighted by Gasteiger charge is 2.35. The molecule has 36 heavy (non-hydrogen) atoms. The van der Waals surface area contributed by atoms with Crippen molar-refractivity contribution in [1.82, 2.24) is 5.32 Å². The number of amides is 2. The van der Waals surface area contributed by atoms with E-state index in [0.717, 1.165) is 4.88 Å². The number of rotatable bonds is 8. The highest BCUT2D eigenvalue weighted by molar-refractivity contribution is 8.03. The van der Waals surface area contributed by atoms with Gasteiger partial charge >= 0.3 is 0 Å². The molecule has 0 bridgehead atoms. The van der Waals surface area contributed by atoms with Gasteiger partial charge in [0.25, 0.3) is 5.91 Å². The van der Waals surface area contributed by atoms with E-state index in [1.807, 2.05) is 54.8 Å². The summed E-state index contributed by atoms with van der Waals surface area (Å²) >= 11 is 2.72. The van der Waals surface area contributed by atoms with Crippen LogP contribution in [0.2, 0.25) is 0 Å². The third kappa shape index (κ3) is 5.79. The monoisotopic (exact) mass is 516 g/mol. The number of methoxy groups -OCH3 is 1. The zero-order chi connectivity index (χ0) is 25.5. The number of para-hydroxylation sites is 1. The number of nitrogens with zero attached hydrogens (tertiary/aromatic N) is 1. The lowest BCUT2D eigenvalue weighted by atomic mass is 9.86. The van der Waals surface area contributed by atoms with Gasteiger partial charge in [-0.15, -0.1) is 11.3 Å². The van der Waals surface area contributed by atoms with Gasteiger partial charge in [-0.1, -0.05) is 36.0 Å². The Morgan fingerprint density at radius 3 is 2.42 bits per heavy atom. The molecule has 2 heterocycles. The van der Waals surface area contributed by atoms with Crippen LogP contribution in [0.15, 0.2) is 94.0 Å². The summed E-state index contributed by atoms with van der Waals surface area (Å²) in [6, 6.07) is 22.4. The average Bonchev–Trinajstić information content (AvgIpc) is 3.42. The Labute approximate surface area is 217 Å². The van der Waals surface area contributed by atoms with E-state index in [2.05, 4.69) is 22.0 Å². The molecule has 0 unspecified atom stereocenters. The van der Waals surface area contributed by atoms with Crippen LogP contribution in [-0.2, 0) is 9.59 Å². The standard InChI is InChI=1S/C27H24N4O3S2/c1-17-24(26(33)31-18-7-4-3-5-8-18)25(22-9-6-14-35-22)21(15-28)27(29-17)36-16-23(32)30-19-10-12-20(34-2)13-11-19/h3-14,25,29H,16H2,1-2H3,(H,30,32)(H,31,33)/t25-/m0/s1. The Morgan fingerprint density at radius 1 is 1.06 bits per heavy atom. The van der Waals surface area contributed by atoms with Crippen molar-refractivity contribution >= 4 is 46.3 Å². The lowest BCUT2D eigenvalue weighted by Gasteiger charge is -2.29. The predicted molar refractivity (Wildman–Crippen MR) is 145 cm³/mol. The smallest absolute Gasteiger partial charge is 0.254 e. The van der Waals surface area contributed by atoms with Gasteiger partial charge in [0.05, 0.1) is 35.5 Å². The van der Waals surface area contributed by atoms with Crippen LogP contribution in [0.25, 0.3) is 0 Å². The van der Waals surface area contributed by atoms with Gasteiger partial charge in [0.15, 0.2) is 0 Å². The van der Waals surface area contributed by atoms with E-state index in [-0.39, 0.29) is 17.6 Å². The van der Waals surface area contributed by atoms with Crippen LogP contribution >= 0.6 is 23.1 Å². The molecule has 182 valence electrons. The van der Waals surface area contributed by atoms with Gasteiger partial charge < -0.3 is 20.7 Å². The fourth-order valence-corrected chi connectivity index (χ4v) is 5.53. The zero-order valence-corrected chi connectivity index (χ0v) is 21.3. The molecule has 1 aliphatic rings. The van der Waals surface area contributed by atoms with E-state index >= 15 is 0 Å². The molecule has 1 aromatic heterocycles. The molecule has 0 spiro atoms. The van der Waals surface area contributed by atoms with E-state index < -0.39 is 5.92 Å². The number of carbonyl (C=O) groups excluding carboxylic acids is 2. The van der Waals surface area contributed by atoms with Crippen molar-refractivity contribution < 1.29 is 14.3 Å². The van der Waals surface area contributed by atoms with Gasteiger partial charge in [0.2, 0.25) is 5.91 Å². The molecule has 1 aliphatic heterocycles. The molecule has 0 radical (unpaired) electrons. The van der Waals surface area contributed by atoms with E-state index in [1.54, 1.807) is 31.4 Å².